The van der Waals surface area contributed by atoms with Gasteiger partial charge in [-0.05, 0) is 36.4 Å². The molecule has 0 atom stereocenters. The predicted molar refractivity (Wildman–Crippen MR) is 81.3 cm³/mol. The molecule has 0 amide bonds. The summed E-state index contributed by atoms with van der Waals surface area (Å²) in [6.45, 7) is 0.905. The highest BCUT2D eigenvalue weighted by molar-refractivity contribution is 8.14. The standard InChI is InChI=1S/C15H14N2OS/c1-2-4-13(5-3-1)18-14-8-6-12(7-9-14)17-15-16-10-11-19-15/h1-9H,10-11H2,(H,16,17). The number of rotatable bonds is 3. The number of aliphatic imine (C=N–C) groups is 1. The van der Waals surface area contributed by atoms with Crippen LogP contribution in [0.4, 0.5) is 5.69 Å². The molecular weight excluding hydrogens is 256 g/mol. The van der Waals surface area contributed by atoms with Crippen molar-refractivity contribution in [2.75, 3.05) is 17.6 Å². The largest absolute Gasteiger partial charge is 0.457 e. The number of nitrogens with one attached hydrogen (secondary N) is 1. The van der Waals surface area contributed by atoms with Gasteiger partial charge in [-0.3, -0.25) is 4.99 Å². The molecule has 0 fully saturated rings. The van der Waals surface area contributed by atoms with Crippen molar-refractivity contribution in [3.8, 4) is 11.5 Å². The molecule has 0 spiro atoms. The van der Waals surface area contributed by atoms with Gasteiger partial charge in [-0.25, -0.2) is 0 Å². The highest BCUT2D eigenvalue weighted by Gasteiger charge is 2.06. The van der Waals surface area contributed by atoms with Gasteiger partial charge in [-0.1, -0.05) is 30.0 Å². The van der Waals surface area contributed by atoms with Gasteiger partial charge < -0.3 is 10.1 Å². The molecule has 0 saturated heterocycles. The van der Waals surface area contributed by atoms with Gasteiger partial charge in [0, 0.05) is 11.4 Å². The third-order valence-corrected chi connectivity index (χ3v) is 3.56. The Bertz CT molecular complexity index is 566. The quantitative estimate of drug-likeness (QED) is 0.915. The van der Waals surface area contributed by atoms with E-state index in [9.17, 15) is 0 Å². The van der Waals surface area contributed by atoms with Gasteiger partial charge in [0.2, 0.25) is 0 Å². The van der Waals surface area contributed by atoms with Gasteiger partial charge in [0.1, 0.15) is 11.5 Å². The summed E-state index contributed by atoms with van der Waals surface area (Å²) in [5, 5.41) is 4.29. The summed E-state index contributed by atoms with van der Waals surface area (Å²) in [7, 11) is 0. The lowest BCUT2D eigenvalue weighted by molar-refractivity contribution is 0.483. The first-order chi connectivity index (χ1) is 9.40. The Morgan fingerprint density at radius 3 is 2.37 bits per heavy atom. The van der Waals surface area contributed by atoms with Crippen LogP contribution in [0.15, 0.2) is 59.6 Å². The van der Waals surface area contributed by atoms with Crippen LogP contribution < -0.4 is 10.1 Å². The summed E-state index contributed by atoms with van der Waals surface area (Å²) in [6, 6.07) is 17.7. The van der Waals surface area contributed by atoms with Crippen molar-refractivity contribution < 1.29 is 4.74 Å². The summed E-state index contributed by atoms with van der Waals surface area (Å²) < 4.78 is 5.74. The summed E-state index contributed by atoms with van der Waals surface area (Å²) in [4.78, 5) is 4.36. The fourth-order valence-electron chi connectivity index (χ4n) is 1.77. The molecule has 96 valence electrons. The van der Waals surface area contributed by atoms with Crippen LogP contribution in [0.25, 0.3) is 0 Å². The molecule has 1 N–H and O–H groups in total. The molecule has 3 rings (SSSR count). The summed E-state index contributed by atoms with van der Waals surface area (Å²) >= 11 is 1.75. The minimum absolute atomic E-state index is 0.831. The molecule has 2 aromatic carbocycles. The number of benzene rings is 2. The number of amidine groups is 1. The van der Waals surface area contributed by atoms with Crippen LogP contribution in [0.1, 0.15) is 0 Å². The third kappa shape index (κ3) is 3.29. The average Bonchev–Trinajstić information content (AvgIpc) is 2.95. The zero-order chi connectivity index (χ0) is 12.9. The maximum absolute atomic E-state index is 5.74. The molecule has 4 heteroatoms. The van der Waals surface area contributed by atoms with E-state index in [1.54, 1.807) is 11.8 Å². The zero-order valence-electron chi connectivity index (χ0n) is 10.4. The van der Waals surface area contributed by atoms with Gasteiger partial charge in [0.15, 0.2) is 5.17 Å². The molecule has 0 radical (unpaired) electrons. The van der Waals surface area contributed by atoms with Crippen LogP contribution in [-0.2, 0) is 0 Å². The van der Waals surface area contributed by atoms with Gasteiger partial charge in [-0.15, -0.1) is 0 Å². The molecule has 1 aliphatic rings. The van der Waals surface area contributed by atoms with Crippen molar-refractivity contribution in [2.24, 2.45) is 4.99 Å². The highest BCUT2D eigenvalue weighted by atomic mass is 32.2. The Hall–Kier alpha value is -1.94. The maximum Gasteiger partial charge on any atom is 0.161 e. The van der Waals surface area contributed by atoms with Gasteiger partial charge in [0.25, 0.3) is 0 Å². The molecular formula is C15H14N2OS. The number of ether oxygens (including phenoxy) is 1. The lowest BCUT2D eigenvalue weighted by Crippen LogP contribution is -2.04. The predicted octanol–water partition coefficient (Wildman–Crippen LogP) is 3.99. The van der Waals surface area contributed by atoms with E-state index < -0.39 is 0 Å². The number of nitrogens with zero attached hydrogens (tertiary/aromatic N) is 1. The van der Waals surface area contributed by atoms with Crippen LogP contribution in [-0.4, -0.2) is 17.5 Å². The SMILES string of the molecule is c1ccc(Oc2ccc(NC3=NCCS3)cc2)cc1. The molecule has 0 saturated carbocycles. The number of hydrogen-bond acceptors (Lipinski definition) is 4. The molecule has 19 heavy (non-hydrogen) atoms. The number of anilines is 1. The first kappa shape index (κ1) is 12.1. The second-order valence-corrected chi connectivity index (χ2v) is 5.18. The Kier molecular flexibility index (Phi) is 3.70. The van der Waals surface area contributed by atoms with E-state index in [4.69, 9.17) is 4.74 Å². The minimum Gasteiger partial charge on any atom is -0.457 e. The molecule has 0 bridgehead atoms. The topological polar surface area (TPSA) is 33.6 Å². The van der Waals surface area contributed by atoms with E-state index in [0.717, 1.165) is 34.7 Å². The Balaban J connectivity index is 1.65. The lowest BCUT2D eigenvalue weighted by atomic mass is 10.3. The summed E-state index contributed by atoms with van der Waals surface area (Å²) in [6.07, 6.45) is 0. The highest BCUT2D eigenvalue weighted by Crippen LogP contribution is 2.23. The van der Waals surface area contributed by atoms with E-state index >= 15 is 0 Å². The molecule has 2 aromatic rings. The Morgan fingerprint density at radius 1 is 0.947 bits per heavy atom. The third-order valence-electron chi connectivity index (χ3n) is 2.67. The van der Waals surface area contributed by atoms with Crippen LogP contribution in [0.2, 0.25) is 0 Å². The van der Waals surface area contributed by atoms with Crippen molar-refractivity contribution in [1.82, 2.24) is 0 Å². The fourth-order valence-corrected chi connectivity index (χ4v) is 2.51. The number of hydrogen-bond donors (Lipinski definition) is 1. The first-order valence-electron chi connectivity index (χ1n) is 6.17. The van der Waals surface area contributed by atoms with Crippen LogP contribution in [0, 0.1) is 0 Å². The van der Waals surface area contributed by atoms with Crippen LogP contribution in [0.3, 0.4) is 0 Å². The minimum atomic E-state index is 0.831. The number of thioether (sulfide) groups is 1. The van der Waals surface area contributed by atoms with E-state index in [-0.39, 0.29) is 0 Å². The lowest BCUT2D eigenvalue weighted by Gasteiger charge is -2.08. The molecule has 0 aliphatic carbocycles. The van der Waals surface area contributed by atoms with Gasteiger partial charge >= 0.3 is 0 Å². The second-order valence-electron chi connectivity index (χ2n) is 4.10. The van der Waals surface area contributed by atoms with Crippen molar-refractivity contribution in [3.05, 3.63) is 54.6 Å². The molecule has 1 aliphatic heterocycles. The summed E-state index contributed by atoms with van der Waals surface area (Å²) in [5.41, 5.74) is 1.04. The molecule has 0 unspecified atom stereocenters. The van der Waals surface area contributed by atoms with E-state index in [0.29, 0.717) is 0 Å². The van der Waals surface area contributed by atoms with Gasteiger partial charge in [-0.2, -0.15) is 0 Å². The number of para-hydroxylation sites is 1. The molecule has 0 aromatic heterocycles. The second kappa shape index (κ2) is 5.80. The van der Waals surface area contributed by atoms with Crippen molar-refractivity contribution >= 4 is 22.6 Å². The smallest absolute Gasteiger partial charge is 0.161 e. The Labute approximate surface area is 116 Å². The van der Waals surface area contributed by atoms with E-state index in [1.165, 1.54) is 0 Å². The van der Waals surface area contributed by atoms with Crippen molar-refractivity contribution in [1.29, 1.82) is 0 Å². The first-order valence-corrected chi connectivity index (χ1v) is 7.16. The van der Waals surface area contributed by atoms with Gasteiger partial charge in [0.05, 0.1) is 6.54 Å². The molecule has 1 heterocycles. The fraction of sp³-hybridized carbons (Fsp3) is 0.133. The van der Waals surface area contributed by atoms with E-state index in [2.05, 4.69) is 10.3 Å². The maximum atomic E-state index is 5.74. The Morgan fingerprint density at radius 2 is 1.68 bits per heavy atom. The molecule has 3 nitrogen and oxygen atoms in total. The van der Waals surface area contributed by atoms with E-state index in [1.807, 2.05) is 54.6 Å². The normalized spacial score (nSPS) is 14.0. The van der Waals surface area contributed by atoms with Crippen LogP contribution in [0.5, 0.6) is 11.5 Å². The monoisotopic (exact) mass is 270 g/mol. The van der Waals surface area contributed by atoms with Crippen LogP contribution >= 0.6 is 11.8 Å². The van der Waals surface area contributed by atoms with Crippen molar-refractivity contribution in [2.45, 2.75) is 0 Å². The zero-order valence-corrected chi connectivity index (χ0v) is 11.2. The summed E-state index contributed by atoms with van der Waals surface area (Å²) in [5.74, 6) is 2.74. The van der Waals surface area contributed by atoms with Crippen molar-refractivity contribution in [3.63, 3.8) is 0 Å². The average molecular weight is 270 g/mol.